The van der Waals surface area contributed by atoms with E-state index >= 15 is 0 Å². The second-order valence-electron chi connectivity index (χ2n) is 7.19. The average molecular weight is 413 g/mol. The van der Waals surface area contributed by atoms with E-state index in [4.69, 9.17) is 9.47 Å². The van der Waals surface area contributed by atoms with E-state index in [-0.39, 0.29) is 23.8 Å². The van der Waals surface area contributed by atoms with Gasteiger partial charge in [0, 0.05) is 14.1 Å². The second-order valence-corrected chi connectivity index (χ2v) is 7.19. The number of ether oxygens (including phenoxy) is 2. The summed E-state index contributed by atoms with van der Waals surface area (Å²) in [6.07, 6.45) is 2.09. The number of aryl methyl sites for hydroxylation is 2. The summed E-state index contributed by atoms with van der Waals surface area (Å²) in [5.74, 6) is 0.876. The molecule has 1 unspecified atom stereocenters. The topological polar surface area (TPSA) is 109 Å². The van der Waals surface area contributed by atoms with Crippen molar-refractivity contribution in [3.05, 3.63) is 50.9 Å². The van der Waals surface area contributed by atoms with E-state index in [0.717, 1.165) is 10.1 Å². The van der Waals surface area contributed by atoms with Crippen LogP contribution in [0.2, 0.25) is 0 Å². The molecule has 0 fully saturated rings. The molecule has 1 N–H and O–H groups in total. The number of carbonyl (C=O) groups excluding carboxylic acids is 1. The van der Waals surface area contributed by atoms with Crippen molar-refractivity contribution in [3.8, 4) is 11.5 Å². The summed E-state index contributed by atoms with van der Waals surface area (Å²) in [7, 11) is 3.19. The first-order valence-corrected chi connectivity index (χ1v) is 9.70. The molecule has 10 nitrogen and oxygen atoms in total. The molecule has 10 heteroatoms. The zero-order valence-corrected chi connectivity index (χ0v) is 17.0. The molecule has 1 atom stereocenters. The number of nitrogens with one attached hydrogen (secondary N) is 1. The molecule has 1 aliphatic heterocycles. The molecule has 1 amide bonds. The van der Waals surface area contributed by atoms with Gasteiger partial charge >= 0.3 is 5.69 Å². The summed E-state index contributed by atoms with van der Waals surface area (Å²) in [6.45, 7) is 2.54. The Hall–Kier alpha value is -3.56. The van der Waals surface area contributed by atoms with Crippen molar-refractivity contribution >= 4 is 17.1 Å². The molecule has 0 aliphatic carbocycles. The summed E-state index contributed by atoms with van der Waals surface area (Å²) in [4.78, 5) is 42.2. The number of fused-ring (bicyclic) bond motifs is 2. The number of rotatable bonds is 5. The van der Waals surface area contributed by atoms with Crippen molar-refractivity contribution in [1.29, 1.82) is 0 Å². The highest BCUT2D eigenvalue weighted by Gasteiger charge is 2.20. The van der Waals surface area contributed by atoms with Gasteiger partial charge in [0.1, 0.15) is 19.8 Å². The lowest BCUT2D eigenvalue weighted by molar-refractivity contribution is -0.122. The van der Waals surface area contributed by atoms with Crippen molar-refractivity contribution in [2.24, 2.45) is 14.1 Å². The summed E-state index contributed by atoms with van der Waals surface area (Å²) in [5.41, 5.74) is 0.275. The average Bonchev–Trinajstić information content (AvgIpc) is 3.15. The molecule has 1 aromatic carbocycles. The van der Waals surface area contributed by atoms with E-state index in [1.54, 1.807) is 7.05 Å². The smallest absolute Gasteiger partial charge is 0.332 e. The summed E-state index contributed by atoms with van der Waals surface area (Å²) >= 11 is 0. The Morgan fingerprint density at radius 2 is 1.93 bits per heavy atom. The van der Waals surface area contributed by atoms with Crippen LogP contribution in [0, 0.1) is 0 Å². The minimum atomic E-state index is -0.589. The molecular formula is C20H23N5O5. The lowest BCUT2D eigenvalue weighted by atomic mass is 10.0. The molecule has 0 radical (unpaired) electrons. The second kappa shape index (κ2) is 7.69. The van der Waals surface area contributed by atoms with Crippen LogP contribution in [0.4, 0.5) is 0 Å². The largest absolute Gasteiger partial charge is 0.486 e. The summed E-state index contributed by atoms with van der Waals surface area (Å²) in [6, 6.07) is 5.23. The number of imidazole rings is 1. The van der Waals surface area contributed by atoms with Gasteiger partial charge < -0.3 is 19.4 Å². The Bertz CT molecular complexity index is 1240. The zero-order valence-electron chi connectivity index (χ0n) is 17.0. The van der Waals surface area contributed by atoms with E-state index in [0.29, 0.717) is 31.1 Å². The third-order valence-corrected chi connectivity index (χ3v) is 5.21. The van der Waals surface area contributed by atoms with Crippen molar-refractivity contribution < 1.29 is 14.3 Å². The van der Waals surface area contributed by atoms with E-state index in [1.807, 2.05) is 25.1 Å². The lowest BCUT2D eigenvalue weighted by Crippen LogP contribution is -2.44. The van der Waals surface area contributed by atoms with Crippen molar-refractivity contribution in [2.75, 3.05) is 13.2 Å². The van der Waals surface area contributed by atoms with Crippen LogP contribution in [0.1, 0.15) is 24.9 Å². The van der Waals surface area contributed by atoms with Crippen LogP contribution in [0.15, 0.2) is 34.1 Å². The fourth-order valence-corrected chi connectivity index (χ4v) is 3.62. The first kappa shape index (κ1) is 19.7. The zero-order chi connectivity index (χ0) is 21.4. The van der Waals surface area contributed by atoms with Crippen LogP contribution >= 0.6 is 0 Å². The molecule has 2 aromatic heterocycles. The first-order chi connectivity index (χ1) is 14.4. The van der Waals surface area contributed by atoms with Crippen LogP contribution < -0.4 is 26.0 Å². The molecule has 30 heavy (non-hydrogen) atoms. The third-order valence-electron chi connectivity index (χ3n) is 5.21. The number of hydrogen-bond acceptors (Lipinski definition) is 6. The molecule has 0 spiro atoms. The Balaban J connectivity index is 1.59. The van der Waals surface area contributed by atoms with Crippen LogP contribution in [-0.2, 0) is 25.4 Å². The predicted octanol–water partition coefficient (Wildman–Crippen LogP) is 0.472. The Morgan fingerprint density at radius 1 is 1.20 bits per heavy atom. The molecule has 158 valence electrons. The van der Waals surface area contributed by atoms with Gasteiger partial charge in [-0.2, -0.15) is 0 Å². The van der Waals surface area contributed by atoms with Gasteiger partial charge in [0.15, 0.2) is 22.7 Å². The number of aromatic nitrogens is 4. The minimum absolute atomic E-state index is 0.267. The molecular weight excluding hydrogens is 390 g/mol. The van der Waals surface area contributed by atoms with Crippen LogP contribution in [-0.4, -0.2) is 37.8 Å². The first-order valence-electron chi connectivity index (χ1n) is 9.70. The molecule has 0 saturated carbocycles. The molecule has 4 rings (SSSR count). The van der Waals surface area contributed by atoms with Crippen LogP contribution in [0.3, 0.4) is 0 Å². The van der Waals surface area contributed by atoms with Gasteiger partial charge in [-0.1, -0.05) is 13.0 Å². The molecule has 1 aliphatic rings. The number of benzene rings is 1. The summed E-state index contributed by atoms with van der Waals surface area (Å²) < 4.78 is 14.9. The van der Waals surface area contributed by atoms with Crippen molar-refractivity contribution in [1.82, 2.24) is 24.0 Å². The van der Waals surface area contributed by atoms with Gasteiger partial charge in [0.05, 0.1) is 12.4 Å². The van der Waals surface area contributed by atoms with Gasteiger partial charge in [-0.05, 0) is 24.1 Å². The van der Waals surface area contributed by atoms with Crippen LogP contribution in [0.25, 0.3) is 11.2 Å². The number of nitrogens with zero attached hydrogens (tertiary/aromatic N) is 4. The maximum Gasteiger partial charge on any atom is 0.332 e. The highest BCUT2D eigenvalue weighted by molar-refractivity contribution is 5.77. The van der Waals surface area contributed by atoms with E-state index in [2.05, 4.69) is 10.3 Å². The lowest BCUT2D eigenvalue weighted by Gasteiger charge is -2.22. The fourth-order valence-electron chi connectivity index (χ4n) is 3.62. The number of hydrogen-bond donors (Lipinski definition) is 1. The molecule has 0 bridgehead atoms. The molecule has 0 saturated heterocycles. The SMILES string of the molecule is CCC(NC(=O)Cn1c(=O)c2c(ncn2C)n(C)c1=O)c1ccc2c(c1)OCCO2. The predicted molar refractivity (Wildman–Crippen MR) is 109 cm³/mol. The van der Waals surface area contributed by atoms with Crippen LogP contribution in [0.5, 0.6) is 11.5 Å². The molecule has 3 heterocycles. The normalized spacial score (nSPS) is 14.0. The van der Waals surface area contributed by atoms with E-state index in [1.165, 1.54) is 22.5 Å². The summed E-state index contributed by atoms with van der Waals surface area (Å²) in [5, 5.41) is 2.90. The number of amides is 1. The van der Waals surface area contributed by atoms with Gasteiger partial charge in [-0.25, -0.2) is 14.3 Å². The quantitative estimate of drug-likeness (QED) is 0.651. The van der Waals surface area contributed by atoms with Gasteiger partial charge in [0.2, 0.25) is 5.91 Å². The maximum atomic E-state index is 12.8. The number of carbonyl (C=O) groups is 1. The third kappa shape index (κ3) is 3.34. The van der Waals surface area contributed by atoms with E-state index in [9.17, 15) is 14.4 Å². The Morgan fingerprint density at radius 3 is 2.67 bits per heavy atom. The minimum Gasteiger partial charge on any atom is -0.486 e. The van der Waals surface area contributed by atoms with E-state index < -0.39 is 17.2 Å². The molecule has 3 aromatic rings. The highest BCUT2D eigenvalue weighted by Crippen LogP contribution is 2.33. The van der Waals surface area contributed by atoms with Gasteiger partial charge in [0.25, 0.3) is 5.56 Å². The van der Waals surface area contributed by atoms with Crippen molar-refractivity contribution in [3.63, 3.8) is 0 Å². The Kier molecular flexibility index (Phi) is 5.06. The standard InChI is InChI=1S/C20H23N5O5/c1-4-13(12-5-6-14-15(9-12)30-8-7-29-14)22-16(26)10-25-19(27)17-18(21-11-23(17)2)24(3)20(25)28/h5-6,9,11,13H,4,7-8,10H2,1-3H3,(H,22,26). The van der Waals surface area contributed by atoms with Gasteiger partial charge in [-0.3, -0.25) is 14.2 Å². The van der Waals surface area contributed by atoms with Gasteiger partial charge in [-0.15, -0.1) is 0 Å². The fraction of sp³-hybridized carbons (Fsp3) is 0.400. The Labute approximate surface area is 171 Å². The highest BCUT2D eigenvalue weighted by atomic mass is 16.6. The monoisotopic (exact) mass is 413 g/mol. The van der Waals surface area contributed by atoms with Crippen molar-refractivity contribution in [2.45, 2.75) is 25.9 Å². The maximum absolute atomic E-state index is 12.8.